The number of piperidine rings is 1. The number of hydrogen-bond acceptors (Lipinski definition) is 5. The van der Waals surface area contributed by atoms with Crippen LogP contribution in [0.4, 0.5) is 0 Å². The molecule has 1 fully saturated rings. The minimum absolute atomic E-state index is 0.0476. The zero-order chi connectivity index (χ0) is 23.2. The third-order valence-corrected chi connectivity index (χ3v) is 7.70. The van der Waals surface area contributed by atoms with Crippen molar-refractivity contribution in [1.29, 1.82) is 0 Å². The standard InChI is InChI=1S/C24H27N5O3S/c1-15(2)21(22-25-18-10-4-5-11-19(18)26-22)27-24(30)16-8-7-13-29(14-16)23-17-9-3-6-12-20(17)33(31,32)28-23/h3-6,9-12,15-16,21H,7-8,13-14H2,1-2H3,(H,25,26)(H,27,30)/t16-,21-/m1/s1. The zero-order valence-electron chi connectivity index (χ0n) is 18.7. The molecule has 172 valence electrons. The Bertz CT molecular complexity index is 1310. The lowest BCUT2D eigenvalue weighted by Crippen LogP contribution is -2.46. The molecule has 0 unspecified atom stereocenters. The fraction of sp³-hybridized carbons (Fsp3) is 0.375. The van der Waals surface area contributed by atoms with Crippen molar-refractivity contribution >= 4 is 32.8 Å². The molecule has 2 N–H and O–H groups in total. The van der Waals surface area contributed by atoms with Gasteiger partial charge in [0.1, 0.15) is 10.7 Å². The summed E-state index contributed by atoms with van der Waals surface area (Å²) < 4.78 is 29.0. The van der Waals surface area contributed by atoms with Crippen molar-refractivity contribution < 1.29 is 13.2 Å². The molecular weight excluding hydrogens is 438 g/mol. The molecule has 33 heavy (non-hydrogen) atoms. The number of hydrogen-bond donors (Lipinski definition) is 2. The van der Waals surface area contributed by atoms with E-state index in [4.69, 9.17) is 0 Å². The number of nitrogens with zero attached hydrogens (tertiary/aromatic N) is 3. The summed E-state index contributed by atoms with van der Waals surface area (Å²) in [7, 11) is -3.69. The van der Waals surface area contributed by atoms with Crippen LogP contribution in [0.1, 0.15) is 44.1 Å². The number of imidazole rings is 1. The number of sulfonamides is 1. The van der Waals surface area contributed by atoms with Gasteiger partial charge in [-0.2, -0.15) is 8.42 Å². The highest BCUT2D eigenvalue weighted by atomic mass is 32.2. The molecule has 8 nitrogen and oxygen atoms in total. The summed E-state index contributed by atoms with van der Waals surface area (Å²) >= 11 is 0. The van der Waals surface area contributed by atoms with Crippen LogP contribution in [0.3, 0.4) is 0 Å². The highest BCUT2D eigenvalue weighted by Crippen LogP contribution is 2.30. The van der Waals surface area contributed by atoms with Crippen LogP contribution in [0.15, 0.2) is 57.8 Å². The first-order valence-corrected chi connectivity index (χ1v) is 12.7. The van der Waals surface area contributed by atoms with Gasteiger partial charge < -0.3 is 15.2 Å². The van der Waals surface area contributed by atoms with Crippen molar-refractivity contribution in [1.82, 2.24) is 20.2 Å². The van der Waals surface area contributed by atoms with Crippen LogP contribution in [0.5, 0.6) is 0 Å². The number of likely N-dealkylation sites (tertiary alicyclic amines) is 1. The third-order valence-electron chi connectivity index (χ3n) is 6.37. The molecule has 0 bridgehead atoms. The summed E-state index contributed by atoms with van der Waals surface area (Å²) in [6, 6.07) is 14.4. The van der Waals surface area contributed by atoms with Crippen molar-refractivity contribution in [2.75, 3.05) is 13.1 Å². The van der Waals surface area contributed by atoms with Crippen LogP contribution in [-0.4, -0.2) is 48.1 Å². The SMILES string of the molecule is CC(C)[C@@H](NC(=O)[C@@H]1CCCN(C2=NS(=O)(=O)c3ccccc32)C1)c1nc2ccccc2[nH]1. The highest BCUT2D eigenvalue weighted by molar-refractivity contribution is 7.90. The number of benzene rings is 2. The van der Waals surface area contributed by atoms with Gasteiger partial charge in [0, 0.05) is 18.7 Å². The second kappa shape index (κ2) is 8.30. The lowest BCUT2D eigenvalue weighted by molar-refractivity contribution is -0.127. The topological polar surface area (TPSA) is 108 Å². The second-order valence-corrected chi connectivity index (χ2v) is 10.6. The minimum Gasteiger partial charge on any atom is -0.355 e. The molecule has 1 amide bonds. The molecule has 3 aromatic rings. The van der Waals surface area contributed by atoms with Gasteiger partial charge in [0.05, 0.1) is 23.0 Å². The molecule has 1 saturated heterocycles. The van der Waals surface area contributed by atoms with Crippen LogP contribution in [0, 0.1) is 11.8 Å². The number of rotatable bonds is 4. The average molecular weight is 466 g/mol. The molecule has 0 saturated carbocycles. The van der Waals surface area contributed by atoms with Gasteiger partial charge in [-0.3, -0.25) is 4.79 Å². The normalized spacial score (nSPS) is 20.5. The molecule has 9 heteroatoms. The number of H-pyrrole nitrogens is 1. The van der Waals surface area contributed by atoms with Crippen LogP contribution >= 0.6 is 0 Å². The summed E-state index contributed by atoms with van der Waals surface area (Å²) in [5, 5.41) is 3.19. The van der Waals surface area contributed by atoms with E-state index in [2.05, 4.69) is 33.5 Å². The number of fused-ring (bicyclic) bond motifs is 2. The number of amides is 1. The van der Waals surface area contributed by atoms with E-state index in [0.717, 1.165) is 29.7 Å². The maximum atomic E-state index is 13.3. The Morgan fingerprint density at radius 1 is 1.15 bits per heavy atom. The average Bonchev–Trinajstić information content (AvgIpc) is 3.36. The number of para-hydroxylation sites is 2. The fourth-order valence-corrected chi connectivity index (χ4v) is 5.87. The number of carbonyl (C=O) groups excluding carboxylic acids is 1. The van der Waals surface area contributed by atoms with Gasteiger partial charge in [-0.1, -0.05) is 38.1 Å². The summed E-state index contributed by atoms with van der Waals surface area (Å²) in [5.41, 5.74) is 2.42. The lowest BCUT2D eigenvalue weighted by atomic mass is 9.95. The maximum Gasteiger partial charge on any atom is 0.285 e. The molecule has 1 aromatic heterocycles. The molecule has 0 spiro atoms. The molecule has 0 radical (unpaired) electrons. The molecule has 3 heterocycles. The molecule has 5 rings (SSSR count). The predicted octanol–water partition coefficient (Wildman–Crippen LogP) is 3.24. The van der Waals surface area contributed by atoms with Gasteiger partial charge in [-0.15, -0.1) is 4.40 Å². The first kappa shape index (κ1) is 21.6. The molecule has 2 aliphatic rings. The Hall–Kier alpha value is -3.20. The number of aromatic nitrogens is 2. The Morgan fingerprint density at radius 2 is 1.91 bits per heavy atom. The molecular formula is C24H27N5O3S. The first-order valence-electron chi connectivity index (χ1n) is 11.3. The van der Waals surface area contributed by atoms with E-state index in [1.54, 1.807) is 18.2 Å². The maximum absolute atomic E-state index is 13.3. The zero-order valence-corrected chi connectivity index (χ0v) is 19.5. The predicted molar refractivity (Wildman–Crippen MR) is 126 cm³/mol. The third kappa shape index (κ3) is 4.01. The van der Waals surface area contributed by atoms with Gasteiger partial charge in [0.2, 0.25) is 5.91 Å². The van der Waals surface area contributed by atoms with E-state index in [0.29, 0.717) is 24.5 Å². The molecule has 2 aromatic carbocycles. The quantitative estimate of drug-likeness (QED) is 0.615. The Morgan fingerprint density at radius 3 is 2.70 bits per heavy atom. The van der Waals surface area contributed by atoms with Crippen molar-refractivity contribution in [2.24, 2.45) is 16.2 Å². The largest absolute Gasteiger partial charge is 0.355 e. The van der Waals surface area contributed by atoms with Gasteiger partial charge in [-0.25, -0.2) is 4.98 Å². The van der Waals surface area contributed by atoms with Crippen LogP contribution in [0.2, 0.25) is 0 Å². The van der Waals surface area contributed by atoms with E-state index >= 15 is 0 Å². The van der Waals surface area contributed by atoms with Crippen molar-refractivity contribution in [3.8, 4) is 0 Å². The van der Waals surface area contributed by atoms with Gasteiger partial charge in [0.15, 0.2) is 5.84 Å². The number of aromatic amines is 1. The Labute approximate surface area is 193 Å². The summed E-state index contributed by atoms with van der Waals surface area (Å²) in [6.45, 7) is 5.21. The lowest BCUT2D eigenvalue weighted by Gasteiger charge is -2.34. The second-order valence-electron chi connectivity index (χ2n) is 9.04. The summed E-state index contributed by atoms with van der Waals surface area (Å²) in [6.07, 6.45) is 1.53. The van der Waals surface area contributed by atoms with Crippen LogP contribution in [-0.2, 0) is 14.8 Å². The van der Waals surface area contributed by atoms with Gasteiger partial charge in [0.25, 0.3) is 10.0 Å². The monoisotopic (exact) mass is 465 g/mol. The van der Waals surface area contributed by atoms with E-state index in [1.165, 1.54) is 0 Å². The fourth-order valence-electron chi connectivity index (χ4n) is 4.64. The first-order chi connectivity index (χ1) is 15.8. The number of amidine groups is 1. The van der Waals surface area contributed by atoms with E-state index in [-0.39, 0.29) is 28.7 Å². The van der Waals surface area contributed by atoms with Gasteiger partial charge in [-0.05, 0) is 43.0 Å². The molecule has 2 atom stereocenters. The molecule has 0 aliphatic carbocycles. The summed E-state index contributed by atoms with van der Waals surface area (Å²) in [4.78, 5) is 23.5. The Balaban J connectivity index is 1.35. The van der Waals surface area contributed by atoms with Crippen molar-refractivity contribution in [2.45, 2.75) is 37.6 Å². The van der Waals surface area contributed by atoms with Gasteiger partial charge >= 0.3 is 0 Å². The van der Waals surface area contributed by atoms with Crippen molar-refractivity contribution in [3.05, 3.63) is 59.9 Å². The minimum atomic E-state index is -3.69. The summed E-state index contributed by atoms with van der Waals surface area (Å²) in [5.74, 6) is 1.02. The van der Waals surface area contributed by atoms with Crippen LogP contribution < -0.4 is 5.32 Å². The van der Waals surface area contributed by atoms with Crippen LogP contribution in [0.25, 0.3) is 11.0 Å². The van der Waals surface area contributed by atoms with E-state index in [9.17, 15) is 13.2 Å². The smallest absolute Gasteiger partial charge is 0.285 e. The highest BCUT2D eigenvalue weighted by Gasteiger charge is 2.36. The number of carbonyl (C=O) groups is 1. The Kier molecular flexibility index (Phi) is 5.44. The van der Waals surface area contributed by atoms with E-state index in [1.807, 2.05) is 35.2 Å². The van der Waals surface area contributed by atoms with Crippen molar-refractivity contribution in [3.63, 3.8) is 0 Å². The van der Waals surface area contributed by atoms with E-state index < -0.39 is 10.0 Å². The molecule has 2 aliphatic heterocycles. The number of nitrogens with one attached hydrogen (secondary N) is 2.